The molecule has 19 heavy (non-hydrogen) atoms. The second-order valence-corrected chi connectivity index (χ2v) is 4.44. The summed E-state index contributed by atoms with van der Waals surface area (Å²) in [5.74, 6) is -0.103. The molecule has 0 saturated carbocycles. The van der Waals surface area contributed by atoms with Crippen molar-refractivity contribution in [2.45, 2.75) is 32.6 Å². The van der Waals surface area contributed by atoms with Gasteiger partial charge in [-0.15, -0.1) is 12.4 Å². The van der Waals surface area contributed by atoms with Gasteiger partial charge in [0.15, 0.2) is 0 Å². The summed E-state index contributed by atoms with van der Waals surface area (Å²) in [4.78, 5) is 22.8. The molecule has 1 aliphatic heterocycles. The third-order valence-electron chi connectivity index (χ3n) is 2.82. The smallest absolute Gasteiger partial charge is 0.220 e. The van der Waals surface area contributed by atoms with Crippen LogP contribution in [0.1, 0.15) is 32.6 Å². The third-order valence-corrected chi connectivity index (χ3v) is 2.82. The zero-order valence-corrected chi connectivity index (χ0v) is 12.3. The number of halogens is 1. The van der Waals surface area contributed by atoms with E-state index in [9.17, 15) is 9.59 Å². The highest BCUT2D eigenvalue weighted by Crippen LogP contribution is 2.02. The van der Waals surface area contributed by atoms with Crippen molar-refractivity contribution < 1.29 is 9.59 Å². The molecular weight excluding hydrogens is 266 g/mol. The SMILES string of the molecule is CCCNC(=O)CCC(=O)NCC1=CCNCC1.Cl. The minimum absolute atomic E-state index is 0. The Balaban J connectivity index is 0.00000324. The summed E-state index contributed by atoms with van der Waals surface area (Å²) in [6.45, 7) is 5.14. The second kappa shape index (κ2) is 10.8. The fourth-order valence-electron chi connectivity index (χ4n) is 1.71. The second-order valence-electron chi connectivity index (χ2n) is 4.44. The van der Waals surface area contributed by atoms with Crippen LogP contribution in [0.25, 0.3) is 0 Å². The summed E-state index contributed by atoms with van der Waals surface area (Å²) in [6, 6.07) is 0. The van der Waals surface area contributed by atoms with Gasteiger partial charge >= 0.3 is 0 Å². The Morgan fingerprint density at radius 2 is 1.95 bits per heavy atom. The predicted molar refractivity (Wildman–Crippen MR) is 78.4 cm³/mol. The summed E-state index contributed by atoms with van der Waals surface area (Å²) in [5, 5.41) is 8.82. The Morgan fingerprint density at radius 1 is 1.26 bits per heavy atom. The van der Waals surface area contributed by atoms with E-state index in [2.05, 4.69) is 22.0 Å². The standard InChI is InChI=1S/C13H23N3O2.ClH/c1-2-7-15-12(17)3-4-13(18)16-10-11-5-8-14-9-6-11;/h5,14H,2-4,6-10H2,1H3,(H,15,17)(H,16,18);1H. The minimum Gasteiger partial charge on any atom is -0.356 e. The number of hydrogen-bond donors (Lipinski definition) is 3. The van der Waals surface area contributed by atoms with E-state index in [1.807, 2.05) is 6.92 Å². The van der Waals surface area contributed by atoms with Gasteiger partial charge in [0.2, 0.25) is 11.8 Å². The van der Waals surface area contributed by atoms with E-state index in [0.717, 1.165) is 25.9 Å². The molecule has 0 atom stereocenters. The highest BCUT2D eigenvalue weighted by Gasteiger charge is 2.08. The topological polar surface area (TPSA) is 70.2 Å². The van der Waals surface area contributed by atoms with Gasteiger partial charge in [0, 0.05) is 32.5 Å². The van der Waals surface area contributed by atoms with E-state index in [-0.39, 0.29) is 37.1 Å². The Morgan fingerprint density at radius 3 is 2.53 bits per heavy atom. The maximum absolute atomic E-state index is 11.5. The molecule has 110 valence electrons. The Hall–Kier alpha value is -1.07. The quantitative estimate of drug-likeness (QED) is 0.606. The van der Waals surface area contributed by atoms with Crippen LogP contribution >= 0.6 is 12.4 Å². The Kier molecular flexibility index (Phi) is 10.2. The molecule has 1 heterocycles. The number of carbonyl (C=O) groups excluding carboxylic acids is 2. The van der Waals surface area contributed by atoms with Crippen LogP contribution in [0.5, 0.6) is 0 Å². The zero-order chi connectivity index (χ0) is 13.2. The first-order chi connectivity index (χ1) is 8.72. The van der Waals surface area contributed by atoms with Crippen LogP contribution < -0.4 is 16.0 Å². The van der Waals surface area contributed by atoms with Gasteiger partial charge < -0.3 is 16.0 Å². The fraction of sp³-hybridized carbons (Fsp3) is 0.692. The first kappa shape index (κ1) is 17.9. The molecule has 0 aromatic heterocycles. The van der Waals surface area contributed by atoms with E-state index in [4.69, 9.17) is 0 Å². The number of carbonyl (C=O) groups is 2. The van der Waals surface area contributed by atoms with E-state index < -0.39 is 0 Å². The van der Waals surface area contributed by atoms with Crippen LogP contribution in [-0.2, 0) is 9.59 Å². The van der Waals surface area contributed by atoms with Crippen molar-refractivity contribution in [1.82, 2.24) is 16.0 Å². The highest BCUT2D eigenvalue weighted by molar-refractivity contribution is 5.85. The largest absolute Gasteiger partial charge is 0.356 e. The summed E-state index contributed by atoms with van der Waals surface area (Å²) in [6.07, 6.45) is 4.54. The predicted octanol–water partition coefficient (Wildman–Crippen LogP) is 0.750. The fourth-order valence-corrected chi connectivity index (χ4v) is 1.71. The molecule has 0 aromatic rings. The summed E-state index contributed by atoms with van der Waals surface area (Å²) < 4.78 is 0. The van der Waals surface area contributed by atoms with Gasteiger partial charge in [0.1, 0.15) is 0 Å². The van der Waals surface area contributed by atoms with Crippen LogP contribution in [0.4, 0.5) is 0 Å². The van der Waals surface area contributed by atoms with Crippen molar-refractivity contribution in [2.75, 3.05) is 26.2 Å². The number of rotatable bonds is 7. The Bertz CT molecular complexity index is 319. The monoisotopic (exact) mass is 289 g/mol. The van der Waals surface area contributed by atoms with Gasteiger partial charge in [0.05, 0.1) is 0 Å². The van der Waals surface area contributed by atoms with Gasteiger partial charge in [-0.05, 0) is 19.4 Å². The van der Waals surface area contributed by atoms with Gasteiger partial charge in [-0.3, -0.25) is 9.59 Å². The molecule has 0 aliphatic carbocycles. The first-order valence-electron chi connectivity index (χ1n) is 6.64. The number of nitrogens with one attached hydrogen (secondary N) is 3. The normalized spacial score (nSPS) is 14.1. The summed E-state index contributed by atoms with van der Waals surface area (Å²) >= 11 is 0. The van der Waals surface area contributed by atoms with E-state index >= 15 is 0 Å². The molecule has 5 nitrogen and oxygen atoms in total. The Labute approximate surface area is 121 Å². The van der Waals surface area contributed by atoms with Crippen molar-refractivity contribution >= 4 is 24.2 Å². The van der Waals surface area contributed by atoms with E-state index in [1.54, 1.807) is 0 Å². The molecule has 1 aliphatic rings. The lowest BCUT2D eigenvalue weighted by atomic mass is 10.1. The molecule has 2 amide bonds. The highest BCUT2D eigenvalue weighted by atomic mass is 35.5. The van der Waals surface area contributed by atoms with Crippen molar-refractivity contribution in [3.05, 3.63) is 11.6 Å². The lowest BCUT2D eigenvalue weighted by Gasteiger charge is -2.14. The van der Waals surface area contributed by atoms with Gasteiger partial charge in [-0.1, -0.05) is 18.6 Å². The molecule has 0 aromatic carbocycles. The molecule has 0 bridgehead atoms. The van der Waals surface area contributed by atoms with Gasteiger partial charge in [-0.25, -0.2) is 0 Å². The molecule has 3 N–H and O–H groups in total. The van der Waals surface area contributed by atoms with E-state index in [1.165, 1.54) is 5.57 Å². The van der Waals surface area contributed by atoms with Crippen LogP contribution in [0.3, 0.4) is 0 Å². The number of amides is 2. The van der Waals surface area contributed by atoms with Crippen molar-refractivity contribution in [3.63, 3.8) is 0 Å². The molecule has 0 saturated heterocycles. The van der Waals surface area contributed by atoms with Gasteiger partial charge in [-0.2, -0.15) is 0 Å². The van der Waals surface area contributed by atoms with Crippen molar-refractivity contribution in [2.24, 2.45) is 0 Å². The van der Waals surface area contributed by atoms with Crippen LogP contribution in [0, 0.1) is 0 Å². The summed E-state index contributed by atoms with van der Waals surface area (Å²) in [5.41, 5.74) is 1.26. The lowest BCUT2D eigenvalue weighted by Crippen LogP contribution is -2.31. The van der Waals surface area contributed by atoms with Gasteiger partial charge in [0.25, 0.3) is 0 Å². The number of hydrogen-bond acceptors (Lipinski definition) is 3. The zero-order valence-electron chi connectivity index (χ0n) is 11.5. The lowest BCUT2D eigenvalue weighted by molar-refractivity contribution is -0.126. The average molecular weight is 290 g/mol. The van der Waals surface area contributed by atoms with Crippen molar-refractivity contribution in [3.8, 4) is 0 Å². The maximum Gasteiger partial charge on any atom is 0.220 e. The molecule has 0 radical (unpaired) electrons. The summed E-state index contributed by atoms with van der Waals surface area (Å²) in [7, 11) is 0. The first-order valence-corrected chi connectivity index (χ1v) is 6.64. The molecule has 0 fully saturated rings. The van der Waals surface area contributed by atoms with E-state index in [0.29, 0.717) is 13.1 Å². The molecular formula is C13H24ClN3O2. The van der Waals surface area contributed by atoms with Crippen LogP contribution in [0.2, 0.25) is 0 Å². The molecule has 0 unspecified atom stereocenters. The molecule has 6 heteroatoms. The average Bonchev–Trinajstić information content (AvgIpc) is 2.41. The van der Waals surface area contributed by atoms with Crippen LogP contribution in [0.15, 0.2) is 11.6 Å². The minimum atomic E-state index is -0.0546. The van der Waals surface area contributed by atoms with Crippen LogP contribution in [-0.4, -0.2) is 38.0 Å². The maximum atomic E-state index is 11.5. The van der Waals surface area contributed by atoms with Crippen molar-refractivity contribution in [1.29, 1.82) is 0 Å². The molecule has 1 rings (SSSR count). The molecule has 0 spiro atoms. The third kappa shape index (κ3) is 8.61.